The Balaban J connectivity index is 2.00. The van der Waals surface area contributed by atoms with Gasteiger partial charge in [-0.2, -0.15) is 0 Å². The molecule has 1 heterocycles. The molecule has 0 unspecified atom stereocenters. The van der Waals surface area contributed by atoms with Crippen LogP contribution in [0.3, 0.4) is 0 Å². The van der Waals surface area contributed by atoms with Crippen LogP contribution in [-0.2, 0) is 0 Å². The molecule has 2 nitrogen and oxygen atoms in total. The summed E-state index contributed by atoms with van der Waals surface area (Å²) >= 11 is 0. The summed E-state index contributed by atoms with van der Waals surface area (Å²) in [6, 6.07) is 15.8. The Morgan fingerprint density at radius 3 is 2.67 bits per heavy atom. The Labute approximate surface area is 125 Å². The highest BCUT2D eigenvalue weighted by molar-refractivity contribution is 5.70. The van der Waals surface area contributed by atoms with Crippen LogP contribution in [0.15, 0.2) is 48.5 Å². The van der Waals surface area contributed by atoms with E-state index in [9.17, 15) is 4.39 Å². The first-order chi connectivity index (χ1) is 10.3. The number of hydrogen-bond donors (Lipinski definition) is 1. The van der Waals surface area contributed by atoms with Crippen LogP contribution in [0.5, 0.6) is 0 Å². The van der Waals surface area contributed by atoms with E-state index in [2.05, 4.69) is 17.1 Å². The topological polar surface area (TPSA) is 15.3 Å². The van der Waals surface area contributed by atoms with Crippen molar-refractivity contribution in [3.63, 3.8) is 0 Å². The van der Waals surface area contributed by atoms with Gasteiger partial charge in [-0.3, -0.25) is 0 Å². The van der Waals surface area contributed by atoms with Gasteiger partial charge in [-0.05, 0) is 31.5 Å². The molecule has 2 aromatic carbocycles. The van der Waals surface area contributed by atoms with Crippen molar-refractivity contribution in [1.29, 1.82) is 0 Å². The fourth-order valence-corrected chi connectivity index (χ4v) is 2.95. The summed E-state index contributed by atoms with van der Waals surface area (Å²) in [6.07, 6.45) is 1.04. The highest BCUT2D eigenvalue weighted by atomic mass is 19.1. The van der Waals surface area contributed by atoms with E-state index in [1.165, 1.54) is 0 Å². The molecule has 1 aliphatic heterocycles. The van der Waals surface area contributed by atoms with Crippen molar-refractivity contribution in [2.45, 2.75) is 19.4 Å². The summed E-state index contributed by atoms with van der Waals surface area (Å²) in [6.45, 7) is 4.91. The Bertz CT molecular complexity index is 597. The van der Waals surface area contributed by atoms with Crippen molar-refractivity contribution in [3.8, 4) is 11.1 Å². The lowest BCUT2D eigenvalue weighted by Gasteiger charge is -2.30. The third-order valence-corrected chi connectivity index (χ3v) is 4.17. The molecule has 0 radical (unpaired) electrons. The van der Waals surface area contributed by atoms with Crippen LogP contribution in [-0.4, -0.2) is 25.7 Å². The van der Waals surface area contributed by atoms with Crippen molar-refractivity contribution in [2.24, 2.45) is 0 Å². The highest BCUT2D eigenvalue weighted by Gasteiger charge is 2.21. The van der Waals surface area contributed by atoms with Crippen LogP contribution in [0.2, 0.25) is 0 Å². The fraction of sp³-hybridized carbons (Fsp3) is 0.333. The van der Waals surface area contributed by atoms with Crippen LogP contribution in [0, 0.1) is 5.82 Å². The molecular formula is C18H21FN2. The van der Waals surface area contributed by atoms with Gasteiger partial charge >= 0.3 is 0 Å². The first-order valence-electron chi connectivity index (χ1n) is 7.58. The zero-order chi connectivity index (χ0) is 14.7. The van der Waals surface area contributed by atoms with Crippen molar-refractivity contribution >= 4 is 5.69 Å². The van der Waals surface area contributed by atoms with E-state index in [0.29, 0.717) is 17.3 Å². The normalized spacial score (nSPS) is 19.3. The van der Waals surface area contributed by atoms with Gasteiger partial charge in [0.15, 0.2) is 5.82 Å². The zero-order valence-corrected chi connectivity index (χ0v) is 12.3. The van der Waals surface area contributed by atoms with E-state index in [1.807, 2.05) is 48.5 Å². The summed E-state index contributed by atoms with van der Waals surface area (Å²) in [5.74, 6) is -0.113. The molecular weight excluding hydrogens is 263 g/mol. The molecule has 0 aromatic heterocycles. The molecule has 0 saturated carbocycles. The summed E-state index contributed by atoms with van der Waals surface area (Å²) in [7, 11) is 0. The minimum atomic E-state index is -0.113. The second kappa shape index (κ2) is 6.27. The molecule has 110 valence electrons. The Morgan fingerprint density at radius 1 is 1.05 bits per heavy atom. The van der Waals surface area contributed by atoms with Crippen LogP contribution in [0.1, 0.15) is 13.3 Å². The van der Waals surface area contributed by atoms with Gasteiger partial charge in [0.2, 0.25) is 0 Å². The van der Waals surface area contributed by atoms with Gasteiger partial charge in [-0.15, -0.1) is 0 Å². The van der Waals surface area contributed by atoms with Gasteiger partial charge in [0.1, 0.15) is 0 Å². The molecule has 1 atom stereocenters. The van der Waals surface area contributed by atoms with E-state index in [0.717, 1.165) is 31.6 Å². The van der Waals surface area contributed by atoms with Gasteiger partial charge in [0.05, 0.1) is 5.69 Å². The molecule has 21 heavy (non-hydrogen) atoms. The predicted molar refractivity (Wildman–Crippen MR) is 86.1 cm³/mol. The van der Waals surface area contributed by atoms with Crippen molar-refractivity contribution in [3.05, 3.63) is 54.3 Å². The average Bonchev–Trinajstić information content (AvgIpc) is 2.73. The van der Waals surface area contributed by atoms with Gasteiger partial charge in [-0.25, -0.2) is 4.39 Å². The summed E-state index contributed by atoms with van der Waals surface area (Å²) in [5, 5.41) is 3.38. The maximum Gasteiger partial charge on any atom is 0.154 e. The number of nitrogens with zero attached hydrogens (tertiary/aromatic N) is 1. The van der Waals surface area contributed by atoms with Gasteiger partial charge in [-0.1, -0.05) is 42.5 Å². The van der Waals surface area contributed by atoms with Gasteiger partial charge in [0.25, 0.3) is 0 Å². The quantitative estimate of drug-likeness (QED) is 0.905. The van der Waals surface area contributed by atoms with Crippen LogP contribution >= 0.6 is 0 Å². The standard InChI is InChI=1S/C18H21FN2/c1-14-10-11-20-12-13-21(14)17-9-5-8-16(18(17)19)15-6-3-2-4-7-15/h2-9,14,20H,10-13H2,1H3/t14-/m1/s1. The van der Waals surface area contributed by atoms with Crippen LogP contribution in [0.4, 0.5) is 10.1 Å². The van der Waals surface area contributed by atoms with Crippen LogP contribution in [0.25, 0.3) is 11.1 Å². The molecule has 2 aromatic rings. The number of nitrogens with one attached hydrogen (secondary N) is 1. The second-order valence-electron chi connectivity index (χ2n) is 5.59. The lowest BCUT2D eigenvalue weighted by molar-refractivity contribution is 0.590. The number of benzene rings is 2. The van der Waals surface area contributed by atoms with Crippen molar-refractivity contribution in [2.75, 3.05) is 24.5 Å². The predicted octanol–water partition coefficient (Wildman–Crippen LogP) is 3.68. The van der Waals surface area contributed by atoms with Crippen molar-refractivity contribution in [1.82, 2.24) is 5.32 Å². The minimum absolute atomic E-state index is 0.113. The van der Waals surface area contributed by atoms with Crippen LogP contribution < -0.4 is 10.2 Å². The third-order valence-electron chi connectivity index (χ3n) is 4.17. The lowest BCUT2D eigenvalue weighted by Crippen LogP contribution is -2.35. The third kappa shape index (κ3) is 2.93. The number of rotatable bonds is 2. The first-order valence-corrected chi connectivity index (χ1v) is 7.58. The van der Waals surface area contributed by atoms with E-state index in [4.69, 9.17) is 0 Å². The van der Waals surface area contributed by atoms with E-state index in [-0.39, 0.29) is 5.82 Å². The van der Waals surface area contributed by atoms with Gasteiger partial charge in [0, 0.05) is 24.7 Å². The SMILES string of the molecule is C[C@@H]1CCNCCN1c1cccc(-c2ccccc2)c1F. The van der Waals surface area contributed by atoms with E-state index in [1.54, 1.807) is 0 Å². The molecule has 0 aliphatic carbocycles. The monoisotopic (exact) mass is 284 g/mol. The largest absolute Gasteiger partial charge is 0.365 e. The van der Waals surface area contributed by atoms with Gasteiger partial charge < -0.3 is 10.2 Å². The average molecular weight is 284 g/mol. The molecule has 3 heteroatoms. The molecule has 3 rings (SSSR count). The summed E-state index contributed by atoms with van der Waals surface area (Å²) in [4.78, 5) is 2.18. The lowest BCUT2D eigenvalue weighted by atomic mass is 10.0. The molecule has 1 fully saturated rings. The molecule has 0 spiro atoms. The molecule has 1 saturated heterocycles. The second-order valence-corrected chi connectivity index (χ2v) is 5.59. The Hall–Kier alpha value is -1.87. The molecule has 1 aliphatic rings. The maximum atomic E-state index is 15.0. The zero-order valence-electron chi connectivity index (χ0n) is 12.3. The minimum Gasteiger partial charge on any atom is -0.365 e. The molecule has 0 amide bonds. The Kier molecular flexibility index (Phi) is 4.20. The van der Waals surface area contributed by atoms with Crippen molar-refractivity contribution < 1.29 is 4.39 Å². The summed E-state index contributed by atoms with van der Waals surface area (Å²) in [5.41, 5.74) is 2.32. The molecule has 1 N–H and O–H groups in total. The maximum absolute atomic E-state index is 15.0. The number of halogens is 1. The number of hydrogen-bond acceptors (Lipinski definition) is 2. The Morgan fingerprint density at radius 2 is 1.86 bits per heavy atom. The smallest absolute Gasteiger partial charge is 0.154 e. The van der Waals surface area contributed by atoms with E-state index < -0.39 is 0 Å². The molecule has 0 bridgehead atoms. The fourth-order valence-electron chi connectivity index (χ4n) is 2.95. The number of anilines is 1. The highest BCUT2D eigenvalue weighted by Crippen LogP contribution is 2.31. The summed E-state index contributed by atoms with van der Waals surface area (Å²) < 4.78 is 15.0. The van der Waals surface area contributed by atoms with E-state index >= 15 is 0 Å². The first kappa shape index (κ1) is 14.1.